The second-order valence-electron chi connectivity index (χ2n) is 5.21. The van der Waals surface area contributed by atoms with E-state index in [-0.39, 0.29) is 5.41 Å². The van der Waals surface area contributed by atoms with Gasteiger partial charge < -0.3 is 15.4 Å². The SMILES string of the molecule is CN=C(NCCOC)NCC(C)(C)c1ccccc1Cl. The number of guanidine groups is 1. The number of nitrogens with zero attached hydrogens (tertiary/aromatic N) is 1. The van der Waals surface area contributed by atoms with Crippen LogP contribution in [0.2, 0.25) is 5.02 Å². The molecular formula is C15H24ClN3O. The van der Waals surface area contributed by atoms with Crippen LogP contribution in [0.3, 0.4) is 0 Å². The van der Waals surface area contributed by atoms with E-state index in [4.69, 9.17) is 16.3 Å². The lowest BCUT2D eigenvalue weighted by molar-refractivity contribution is 0.203. The molecule has 5 heteroatoms. The van der Waals surface area contributed by atoms with Crippen LogP contribution in [-0.4, -0.2) is 39.8 Å². The summed E-state index contributed by atoms with van der Waals surface area (Å²) in [7, 11) is 3.43. The van der Waals surface area contributed by atoms with Crippen molar-refractivity contribution in [1.29, 1.82) is 0 Å². The Kier molecular flexibility index (Phi) is 6.82. The predicted molar refractivity (Wildman–Crippen MR) is 85.7 cm³/mol. The van der Waals surface area contributed by atoms with Crippen molar-refractivity contribution >= 4 is 17.6 Å². The van der Waals surface area contributed by atoms with E-state index >= 15 is 0 Å². The zero-order chi connectivity index (χ0) is 15.0. The molecule has 1 rings (SSSR count). The molecule has 0 atom stereocenters. The van der Waals surface area contributed by atoms with Crippen LogP contribution in [-0.2, 0) is 10.2 Å². The van der Waals surface area contributed by atoms with Crippen molar-refractivity contribution in [3.05, 3.63) is 34.9 Å². The third kappa shape index (κ3) is 5.02. The number of halogens is 1. The number of rotatable bonds is 6. The Morgan fingerprint density at radius 1 is 1.30 bits per heavy atom. The number of aliphatic imine (C=N–C) groups is 1. The van der Waals surface area contributed by atoms with Crippen LogP contribution in [0.1, 0.15) is 19.4 Å². The van der Waals surface area contributed by atoms with Crippen molar-refractivity contribution in [3.63, 3.8) is 0 Å². The van der Waals surface area contributed by atoms with Crippen molar-refractivity contribution in [2.75, 3.05) is 33.9 Å². The second kappa shape index (κ2) is 8.12. The normalized spacial score (nSPS) is 12.3. The summed E-state index contributed by atoms with van der Waals surface area (Å²) in [6.07, 6.45) is 0. The molecule has 0 aliphatic heterocycles. The van der Waals surface area contributed by atoms with Crippen molar-refractivity contribution < 1.29 is 4.74 Å². The summed E-state index contributed by atoms with van der Waals surface area (Å²) in [4.78, 5) is 4.18. The van der Waals surface area contributed by atoms with Crippen LogP contribution in [0.5, 0.6) is 0 Å². The fourth-order valence-electron chi connectivity index (χ4n) is 1.90. The number of ether oxygens (including phenoxy) is 1. The Morgan fingerprint density at radius 3 is 2.60 bits per heavy atom. The zero-order valence-corrected chi connectivity index (χ0v) is 13.4. The molecular weight excluding hydrogens is 274 g/mol. The van der Waals surface area contributed by atoms with Gasteiger partial charge in [-0.3, -0.25) is 4.99 Å². The molecule has 4 nitrogen and oxygen atoms in total. The quantitative estimate of drug-likeness (QED) is 0.481. The van der Waals surface area contributed by atoms with Crippen LogP contribution in [0.15, 0.2) is 29.3 Å². The van der Waals surface area contributed by atoms with Crippen LogP contribution in [0, 0.1) is 0 Å². The number of hydrogen-bond donors (Lipinski definition) is 2. The maximum Gasteiger partial charge on any atom is 0.191 e. The van der Waals surface area contributed by atoms with Gasteiger partial charge in [0.25, 0.3) is 0 Å². The highest BCUT2D eigenvalue weighted by atomic mass is 35.5. The highest BCUT2D eigenvalue weighted by Crippen LogP contribution is 2.28. The van der Waals surface area contributed by atoms with Gasteiger partial charge in [-0.15, -0.1) is 0 Å². The minimum Gasteiger partial charge on any atom is -0.383 e. The van der Waals surface area contributed by atoms with E-state index in [0.717, 1.165) is 29.6 Å². The molecule has 112 valence electrons. The summed E-state index contributed by atoms with van der Waals surface area (Å²) in [5, 5.41) is 7.30. The molecule has 0 fully saturated rings. The molecule has 0 amide bonds. The number of methoxy groups -OCH3 is 1. The van der Waals surface area contributed by atoms with E-state index in [1.165, 1.54) is 0 Å². The molecule has 0 unspecified atom stereocenters. The van der Waals surface area contributed by atoms with Gasteiger partial charge in [-0.25, -0.2) is 0 Å². The predicted octanol–water partition coefficient (Wildman–Crippen LogP) is 2.43. The maximum atomic E-state index is 6.27. The van der Waals surface area contributed by atoms with Gasteiger partial charge in [0.1, 0.15) is 0 Å². The van der Waals surface area contributed by atoms with Gasteiger partial charge in [0.2, 0.25) is 0 Å². The summed E-state index contributed by atoms with van der Waals surface area (Å²) >= 11 is 6.27. The summed E-state index contributed by atoms with van der Waals surface area (Å²) in [5.74, 6) is 0.766. The minimum absolute atomic E-state index is 0.0861. The first-order chi connectivity index (χ1) is 9.51. The monoisotopic (exact) mass is 297 g/mol. The van der Waals surface area contributed by atoms with Gasteiger partial charge >= 0.3 is 0 Å². The van der Waals surface area contributed by atoms with Crippen LogP contribution < -0.4 is 10.6 Å². The van der Waals surface area contributed by atoms with Crippen molar-refractivity contribution in [2.24, 2.45) is 4.99 Å². The fraction of sp³-hybridized carbons (Fsp3) is 0.533. The fourth-order valence-corrected chi connectivity index (χ4v) is 2.29. The average molecular weight is 298 g/mol. The zero-order valence-electron chi connectivity index (χ0n) is 12.7. The molecule has 1 aromatic carbocycles. The smallest absolute Gasteiger partial charge is 0.191 e. The van der Waals surface area contributed by atoms with Gasteiger partial charge in [-0.2, -0.15) is 0 Å². The summed E-state index contributed by atoms with van der Waals surface area (Å²) in [6, 6.07) is 7.94. The molecule has 1 aromatic rings. The summed E-state index contributed by atoms with van der Waals surface area (Å²) in [6.45, 7) is 6.42. The Bertz CT molecular complexity index is 446. The largest absolute Gasteiger partial charge is 0.383 e. The van der Waals surface area contributed by atoms with Crippen LogP contribution in [0.4, 0.5) is 0 Å². The van der Waals surface area contributed by atoms with Crippen molar-refractivity contribution in [2.45, 2.75) is 19.3 Å². The molecule has 0 aliphatic carbocycles. The first kappa shape index (κ1) is 16.8. The Morgan fingerprint density at radius 2 is 2.00 bits per heavy atom. The first-order valence-electron chi connectivity index (χ1n) is 6.69. The van der Waals surface area contributed by atoms with Crippen LogP contribution in [0.25, 0.3) is 0 Å². The van der Waals surface area contributed by atoms with E-state index in [9.17, 15) is 0 Å². The molecule has 20 heavy (non-hydrogen) atoms. The molecule has 0 aromatic heterocycles. The van der Waals surface area contributed by atoms with E-state index in [1.54, 1.807) is 14.2 Å². The lowest BCUT2D eigenvalue weighted by atomic mass is 9.84. The van der Waals surface area contributed by atoms with Gasteiger partial charge in [0, 0.05) is 37.7 Å². The van der Waals surface area contributed by atoms with Gasteiger partial charge in [0.15, 0.2) is 5.96 Å². The highest BCUT2D eigenvalue weighted by molar-refractivity contribution is 6.31. The second-order valence-corrected chi connectivity index (χ2v) is 5.62. The van der Waals surface area contributed by atoms with Crippen LogP contribution >= 0.6 is 11.6 Å². The number of hydrogen-bond acceptors (Lipinski definition) is 2. The van der Waals surface area contributed by atoms with Gasteiger partial charge in [-0.1, -0.05) is 43.6 Å². The standard InChI is InChI=1S/C15H24ClN3O/c1-15(2,12-7-5-6-8-13(12)16)11-19-14(17-3)18-9-10-20-4/h5-8H,9-11H2,1-4H3,(H2,17,18,19). The Hall–Kier alpha value is -1.26. The van der Waals surface area contributed by atoms with Gasteiger partial charge in [0.05, 0.1) is 6.61 Å². The first-order valence-corrected chi connectivity index (χ1v) is 7.07. The van der Waals surface area contributed by atoms with E-state index < -0.39 is 0 Å². The molecule has 0 saturated carbocycles. The summed E-state index contributed by atoms with van der Waals surface area (Å²) < 4.78 is 5.00. The van der Waals surface area contributed by atoms with Gasteiger partial charge in [-0.05, 0) is 11.6 Å². The molecule has 0 saturated heterocycles. The van der Waals surface area contributed by atoms with Crippen molar-refractivity contribution in [1.82, 2.24) is 10.6 Å². The van der Waals surface area contributed by atoms with Crippen molar-refractivity contribution in [3.8, 4) is 0 Å². The number of benzene rings is 1. The lowest BCUT2D eigenvalue weighted by Crippen LogP contribution is -2.44. The van der Waals surface area contributed by atoms with E-state index in [2.05, 4.69) is 35.5 Å². The molecule has 2 N–H and O–H groups in total. The maximum absolute atomic E-state index is 6.27. The molecule has 0 bridgehead atoms. The van der Waals surface area contributed by atoms with E-state index in [0.29, 0.717) is 6.61 Å². The number of nitrogens with one attached hydrogen (secondary N) is 2. The third-order valence-electron chi connectivity index (χ3n) is 3.12. The molecule has 0 heterocycles. The highest BCUT2D eigenvalue weighted by Gasteiger charge is 2.23. The molecule has 0 aliphatic rings. The van der Waals surface area contributed by atoms with E-state index in [1.807, 2.05) is 18.2 Å². The Labute approximate surface area is 126 Å². The molecule has 0 radical (unpaired) electrons. The average Bonchev–Trinajstić information content (AvgIpc) is 2.43. The Balaban J connectivity index is 2.60. The lowest BCUT2D eigenvalue weighted by Gasteiger charge is -2.27. The minimum atomic E-state index is -0.0861. The topological polar surface area (TPSA) is 45.7 Å². The third-order valence-corrected chi connectivity index (χ3v) is 3.45. The molecule has 0 spiro atoms. The summed E-state index contributed by atoms with van der Waals surface area (Å²) in [5.41, 5.74) is 1.04.